The fourth-order valence-electron chi connectivity index (χ4n) is 0.895. The zero-order valence-corrected chi connectivity index (χ0v) is 9.04. The molecule has 96 valence electrons. The molecule has 0 atom stereocenters. The van der Waals surface area contributed by atoms with Crippen molar-refractivity contribution < 1.29 is 32.5 Å². The van der Waals surface area contributed by atoms with Crippen molar-refractivity contribution in [3.63, 3.8) is 0 Å². The van der Waals surface area contributed by atoms with E-state index in [0.29, 0.717) is 0 Å². The number of ether oxygens (including phenoxy) is 2. The van der Waals surface area contributed by atoms with Gasteiger partial charge in [-0.15, -0.1) is 5.10 Å². The Morgan fingerprint density at radius 2 is 2.18 bits per heavy atom. The molecule has 1 aromatic heterocycles. The summed E-state index contributed by atoms with van der Waals surface area (Å²) in [5.74, 6) is -0.973. The number of hydrogen-bond acceptors (Lipinski definition) is 4. The van der Waals surface area contributed by atoms with E-state index in [1.165, 1.54) is 7.05 Å². The number of carbonyl (C=O) groups is 1. The lowest BCUT2D eigenvalue weighted by atomic mass is 10.6. The number of alkyl halides is 3. The molecule has 0 aliphatic heterocycles. The minimum atomic E-state index is -4.55. The van der Waals surface area contributed by atoms with Crippen LogP contribution < -0.4 is 9.47 Å². The van der Waals surface area contributed by atoms with Crippen molar-refractivity contribution >= 4 is 17.8 Å². The number of carboxylic acid groups (broad SMARTS) is 1. The van der Waals surface area contributed by atoms with Crippen LogP contribution in [-0.2, 0) is 7.05 Å². The zero-order chi connectivity index (χ0) is 13.2. The molecule has 0 radical (unpaired) electrons. The fraction of sp³-hybridized carbons (Fsp3) is 0.429. The second-order valence-electron chi connectivity index (χ2n) is 2.82. The van der Waals surface area contributed by atoms with Crippen LogP contribution in [0.5, 0.6) is 11.8 Å². The molecule has 1 rings (SSSR count). The first-order chi connectivity index (χ1) is 7.70. The molecule has 17 heavy (non-hydrogen) atoms. The molecule has 0 aliphatic rings. The molecule has 0 aromatic carbocycles. The molecule has 1 N–H and O–H groups in total. The molecule has 0 bridgehead atoms. The first-order valence-electron chi connectivity index (χ1n) is 4.03. The molecule has 6 nitrogen and oxygen atoms in total. The van der Waals surface area contributed by atoms with Crippen molar-refractivity contribution in [3.05, 3.63) is 5.02 Å². The lowest BCUT2D eigenvalue weighted by Crippen LogP contribution is -2.19. The van der Waals surface area contributed by atoms with Crippen LogP contribution in [0.1, 0.15) is 0 Å². The highest BCUT2D eigenvalue weighted by Crippen LogP contribution is 2.33. The molecule has 0 saturated heterocycles. The minimum absolute atomic E-state index is 0.420. The monoisotopic (exact) mass is 274 g/mol. The van der Waals surface area contributed by atoms with E-state index in [0.717, 1.165) is 4.68 Å². The van der Waals surface area contributed by atoms with Crippen LogP contribution in [0, 0.1) is 0 Å². The number of halogens is 4. The van der Waals surface area contributed by atoms with Crippen LogP contribution in [0.15, 0.2) is 0 Å². The Balaban J connectivity index is 2.85. The zero-order valence-electron chi connectivity index (χ0n) is 8.29. The van der Waals surface area contributed by atoms with Gasteiger partial charge in [0.2, 0.25) is 5.88 Å². The number of rotatable bonds is 3. The topological polar surface area (TPSA) is 73.6 Å². The van der Waals surface area contributed by atoms with Crippen molar-refractivity contribution in [1.29, 1.82) is 0 Å². The second-order valence-corrected chi connectivity index (χ2v) is 3.20. The molecule has 0 spiro atoms. The third-order valence-corrected chi connectivity index (χ3v) is 1.79. The lowest BCUT2D eigenvalue weighted by molar-refractivity contribution is -0.154. The lowest BCUT2D eigenvalue weighted by Gasteiger charge is -2.06. The van der Waals surface area contributed by atoms with Gasteiger partial charge in [0.1, 0.15) is 0 Å². The van der Waals surface area contributed by atoms with Gasteiger partial charge in [-0.05, 0) is 0 Å². The summed E-state index contributed by atoms with van der Waals surface area (Å²) in [5, 5.41) is 11.3. The first-order valence-corrected chi connectivity index (χ1v) is 4.41. The maximum absolute atomic E-state index is 11.9. The van der Waals surface area contributed by atoms with E-state index >= 15 is 0 Å². The Hall–Kier alpha value is -1.64. The van der Waals surface area contributed by atoms with E-state index in [4.69, 9.17) is 16.7 Å². The van der Waals surface area contributed by atoms with Crippen LogP contribution in [-0.4, -0.2) is 33.8 Å². The highest BCUT2D eigenvalue weighted by Gasteiger charge is 2.30. The maximum Gasteiger partial charge on any atom is 0.512 e. The predicted molar refractivity (Wildman–Crippen MR) is 48.4 cm³/mol. The van der Waals surface area contributed by atoms with E-state index in [-0.39, 0.29) is 0 Å². The van der Waals surface area contributed by atoms with Gasteiger partial charge < -0.3 is 14.6 Å². The van der Waals surface area contributed by atoms with Gasteiger partial charge >= 0.3 is 12.3 Å². The Morgan fingerprint density at radius 3 is 2.65 bits per heavy atom. The normalized spacial score (nSPS) is 11.4. The molecule has 1 heterocycles. The third-order valence-electron chi connectivity index (χ3n) is 1.47. The largest absolute Gasteiger partial charge is 0.512 e. The van der Waals surface area contributed by atoms with Gasteiger partial charge in [-0.1, -0.05) is 11.6 Å². The van der Waals surface area contributed by atoms with E-state index in [1.807, 2.05) is 0 Å². The number of aromatic nitrogens is 2. The van der Waals surface area contributed by atoms with Crippen LogP contribution in [0.2, 0.25) is 5.02 Å². The summed E-state index contributed by atoms with van der Waals surface area (Å²) in [5.41, 5.74) is 0. The van der Waals surface area contributed by atoms with E-state index in [1.54, 1.807) is 0 Å². The Bertz CT molecular complexity index is 431. The summed E-state index contributed by atoms with van der Waals surface area (Å²) in [7, 11) is 1.24. The quantitative estimate of drug-likeness (QED) is 0.854. The molecular formula is C7H6ClF3N2O4. The minimum Gasteiger partial charge on any atom is -0.466 e. The number of aryl methyl sites for hydroxylation is 1. The predicted octanol–water partition coefficient (Wildman–Crippen LogP) is 2.07. The van der Waals surface area contributed by atoms with Gasteiger partial charge in [0.05, 0.1) is 0 Å². The maximum atomic E-state index is 11.9. The van der Waals surface area contributed by atoms with Crippen molar-refractivity contribution in [2.45, 2.75) is 6.18 Å². The van der Waals surface area contributed by atoms with Gasteiger partial charge in [-0.25, -0.2) is 9.48 Å². The summed E-state index contributed by atoms with van der Waals surface area (Å²) < 4.78 is 44.9. The Kier molecular flexibility index (Phi) is 3.71. The average Bonchev–Trinajstić information content (AvgIpc) is 2.41. The second kappa shape index (κ2) is 4.70. The molecule has 0 aliphatic carbocycles. The van der Waals surface area contributed by atoms with Gasteiger partial charge in [0.15, 0.2) is 11.6 Å². The summed E-state index contributed by atoms with van der Waals surface area (Å²) >= 11 is 5.54. The molecule has 0 fully saturated rings. The van der Waals surface area contributed by atoms with Crippen LogP contribution in [0.4, 0.5) is 18.0 Å². The molecule has 0 unspecified atom stereocenters. The molecule has 1 aromatic rings. The van der Waals surface area contributed by atoms with Gasteiger partial charge in [0.25, 0.3) is 5.88 Å². The van der Waals surface area contributed by atoms with Crippen molar-refractivity contribution in [3.8, 4) is 11.8 Å². The Labute approximate surface area is 97.5 Å². The van der Waals surface area contributed by atoms with Gasteiger partial charge in [-0.2, -0.15) is 13.2 Å². The van der Waals surface area contributed by atoms with Crippen LogP contribution >= 0.6 is 11.6 Å². The van der Waals surface area contributed by atoms with Gasteiger partial charge in [-0.3, -0.25) is 0 Å². The van der Waals surface area contributed by atoms with Crippen LogP contribution in [0.3, 0.4) is 0 Å². The standard InChI is InChI=1S/C7H6ClF3N2O4/c1-13-5(17-6(14)15)3(8)4(12-13)16-2-7(9,10)11/h2H2,1H3,(H,14,15). The first kappa shape index (κ1) is 13.4. The summed E-state index contributed by atoms with van der Waals surface area (Å²) in [6.07, 6.45) is -6.22. The third kappa shape index (κ3) is 3.70. The average molecular weight is 275 g/mol. The van der Waals surface area contributed by atoms with Crippen molar-refractivity contribution in [2.75, 3.05) is 6.61 Å². The fourth-order valence-corrected chi connectivity index (χ4v) is 1.15. The summed E-state index contributed by atoms with van der Waals surface area (Å²) in [6.45, 7) is -1.59. The number of nitrogens with zero attached hydrogens (tertiary/aromatic N) is 2. The molecule has 0 amide bonds. The highest BCUT2D eigenvalue weighted by atomic mass is 35.5. The van der Waals surface area contributed by atoms with E-state index < -0.39 is 35.7 Å². The summed E-state index contributed by atoms with van der Waals surface area (Å²) in [6, 6.07) is 0. The molecule has 10 heteroatoms. The van der Waals surface area contributed by atoms with Crippen LogP contribution in [0.25, 0.3) is 0 Å². The molecular weight excluding hydrogens is 269 g/mol. The van der Waals surface area contributed by atoms with Gasteiger partial charge in [0, 0.05) is 7.05 Å². The van der Waals surface area contributed by atoms with E-state index in [9.17, 15) is 18.0 Å². The van der Waals surface area contributed by atoms with Crippen molar-refractivity contribution in [1.82, 2.24) is 9.78 Å². The highest BCUT2D eigenvalue weighted by molar-refractivity contribution is 6.33. The SMILES string of the molecule is Cn1nc(OCC(F)(F)F)c(Cl)c1OC(=O)O. The smallest absolute Gasteiger partial charge is 0.466 e. The molecule has 0 saturated carbocycles. The van der Waals surface area contributed by atoms with Crippen molar-refractivity contribution in [2.24, 2.45) is 7.05 Å². The summed E-state index contributed by atoms with van der Waals surface area (Å²) in [4.78, 5) is 10.3. The number of hydrogen-bond donors (Lipinski definition) is 1. The Morgan fingerprint density at radius 1 is 1.59 bits per heavy atom. The van der Waals surface area contributed by atoms with E-state index in [2.05, 4.69) is 14.6 Å².